The number of unbranched alkanes of at least 4 members (excludes halogenated alkanes) is 1. The van der Waals surface area contributed by atoms with E-state index in [4.69, 9.17) is 20.4 Å². The molecule has 0 bridgehead atoms. The summed E-state index contributed by atoms with van der Waals surface area (Å²) in [6.45, 7) is 3.88. The maximum Gasteiger partial charge on any atom is 0.151 e. The Labute approximate surface area is 86.2 Å². The normalized spacial score (nSPS) is 12.2. The fraction of sp³-hybridized carbons (Fsp3) is 1.00. The maximum absolute atomic E-state index is 8.61. The number of rotatable bonds is 6. The van der Waals surface area contributed by atoms with E-state index in [2.05, 4.69) is 0 Å². The molecule has 0 aromatic rings. The van der Waals surface area contributed by atoms with E-state index in [1.54, 1.807) is 0 Å². The van der Waals surface area contributed by atoms with E-state index in [9.17, 15) is 0 Å². The van der Waals surface area contributed by atoms with Crippen LogP contribution in [0.2, 0.25) is 0 Å². The largest absolute Gasteiger partial charge is 0.394 e. The predicted molar refractivity (Wildman–Crippen MR) is 55.8 cm³/mol. The molecular weight excluding hydrogens is 184 g/mol. The molecule has 0 rings (SSSR count). The highest BCUT2D eigenvalue weighted by molar-refractivity contribution is 4.48. The molecule has 14 heavy (non-hydrogen) atoms. The molecule has 1 atom stereocenters. The van der Waals surface area contributed by atoms with E-state index in [-0.39, 0.29) is 6.61 Å². The Morgan fingerprint density at radius 3 is 1.64 bits per heavy atom. The van der Waals surface area contributed by atoms with Gasteiger partial charge in [0.25, 0.3) is 0 Å². The van der Waals surface area contributed by atoms with Gasteiger partial charge in [0, 0.05) is 0 Å². The third-order valence-electron chi connectivity index (χ3n) is 1.65. The Bertz CT molecular complexity index is 96.1. The highest BCUT2D eigenvalue weighted by Gasteiger charge is 1.96. The van der Waals surface area contributed by atoms with Gasteiger partial charge in [0.15, 0.2) is 6.29 Å². The summed E-state index contributed by atoms with van der Waals surface area (Å²) in [6, 6.07) is 0. The number of hydrogen-bond donors (Lipinski definition) is 4. The van der Waals surface area contributed by atoms with Crippen LogP contribution in [-0.2, 0) is 0 Å². The van der Waals surface area contributed by atoms with Crippen LogP contribution in [0.25, 0.3) is 0 Å². The summed E-state index contributed by atoms with van der Waals surface area (Å²) in [6.07, 6.45) is 2.48. The molecule has 0 aromatic heterocycles. The molecular formula is C10H24O4. The smallest absolute Gasteiger partial charge is 0.151 e. The van der Waals surface area contributed by atoms with Crippen LogP contribution in [0.4, 0.5) is 0 Å². The topological polar surface area (TPSA) is 80.9 Å². The molecule has 0 fully saturated rings. The van der Waals surface area contributed by atoms with Crippen LogP contribution in [0.15, 0.2) is 0 Å². The summed E-state index contributed by atoms with van der Waals surface area (Å²) in [5.74, 6) is 0. The second-order valence-electron chi connectivity index (χ2n) is 3.25. The van der Waals surface area contributed by atoms with Crippen molar-refractivity contribution in [3.8, 4) is 0 Å². The first-order valence-corrected chi connectivity index (χ1v) is 5.23. The lowest BCUT2D eigenvalue weighted by Gasteiger charge is -2.01. The average Bonchev–Trinajstić information content (AvgIpc) is 2.16. The van der Waals surface area contributed by atoms with Crippen LogP contribution in [-0.4, -0.2) is 39.4 Å². The lowest BCUT2D eigenvalue weighted by atomic mass is 10.2. The Kier molecular flexibility index (Phi) is 14.9. The average molecular weight is 208 g/mol. The Morgan fingerprint density at radius 1 is 0.929 bits per heavy atom. The van der Waals surface area contributed by atoms with Gasteiger partial charge in [-0.25, -0.2) is 0 Å². The Hall–Kier alpha value is -0.160. The summed E-state index contributed by atoms with van der Waals surface area (Å²) in [7, 11) is 0. The summed E-state index contributed by atoms with van der Waals surface area (Å²) in [5, 5.41) is 33.3. The lowest BCUT2D eigenvalue weighted by molar-refractivity contribution is -0.0463. The molecule has 0 saturated heterocycles. The number of hydrogen-bond acceptors (Lipinski definition) is 4. The van der Waals surface area contributed by atoms with Gasteiger partial charge in [-0.15, -0.1) is 0 Å². The Morgan fingerprint density at radius 2 is 1.50 bits per heavy atom. The van der Waals surface area contributed by atoms with Crippen molar-refractivity contribution in [1.82, 2.24) is 0 Å². The minimum Gasteiger partial charge on any atom is -0.394 e. The highest BCUT2D eigenvalue weighted by atomic mass is 16.5. The SMILES string of the molecule is CCCC(O)CO.CCCCC(O)O. The van der Waals surface area contributed by atoms with Crippen LogP contribution >= 0.6 is 0 Å². The molecule has 0 spiro atoms. The second-order valence-corrected chi connectivity index (χ2v) is 3.25. The number of aliphatic hydroxyl groups is 4. The minimum absolute atomic E-state index is 0.103. The molecule has 4 nitrogen and oxygen atoms in total. The highest BCUT2D eigenvalue weighted by Crippen LogP contribution is 1.95. The third kappa shape index (κ3) is 17.8. The van der Waals surface area contributed by atoms with Gasteiger partial charge in [0.2, 0.25) is 0 Å². The zero-order valence-electron chi connectivity index (χ0n) is 9.19. The van der Waals surface area contributed by atoms with Crippen LogP contribution in [0.5, 0.6) is 0 Å². The molecule has 0 aliphatic heterocycles. The van der Waals surface area contributed by atoms with E-state index in [1.165, 1.54) is 0 Å². The molecule has 0 aromatic carbocycles. The van der Waals surface area contributed by atoms with Crippen molar-refractivity contribution >= 4 is 0 Å². The molecule has 0 aliphatic rings. The van der Waals surface area contributed by atoms with Gasteiger partial charge in [-0.05, 0) is 19.3 Å². The first-order chi connectivity index (χ1) is 6.58. The first kappa shape index (κ1) is 16.3. The molecule has 4 heteroatoms. The van der Waals surface area contributed by atoms with Crippen molar-refractivity contribution in [2.45, 2.75) is 58.3 Å². The fourth-order valence-electron chi connectivity index (χ4n) is 0.811. The van der Waals surface area contributed by atoms with Crippen molar-refractivity contribution in [2.75, 3.05) is 6.61 Å². The second kappa shape index (κ2) is 12.8. The van der Waals surface area contributed by atoms with Gasteiger partial charge in [-0.2, -0.15) is 0 Å². The van der Waals surface area contributed by atoms with Crippen LogP contribution in [0.1, 0.15) is 46.0 Å². The monoisotopic (exact) mass is 208 g/mol. The van der Waals surface area contributed by atoms with E-state index in [1.807, 2.05) is 13.8 Å². The van der Waals surface area contributed by atoms with Gasteiger partial charge in [0.1, 0.15) is 0 Å². The van der Waals surface area contributed by atoms with Crippen LogP contribution < -0.4 is 0 Å². The van der Waals surface area contributed by atoms with Gasteiger partial charge in [-0.3, -0.25) is 0 Å². The molecule has 0 radical (unpaired) electrons. The van der Waals surface area contributed by atoms with Crippen molar-refractivity contribution in [3.63, 3.8) is 0 Å². The fourth-order valence-corrected chi connectivity index (χ4v) is 0.811. The van der Waals surface area contributed by atoms with E-state index in [0.717, 1.165) is 19.3 Å². The molecule has 1 unspecified atom stereocenters. The van der Waals surface area contributed by atoms with Crippen molar-refractivity contribution in [2.24, 2.45) is 0 Å². The summed E-state index contributed by atoms with van der Waals surface area (Å²) in [4.78, 5) is 0. The lowest BCUT2D eigenvalue weighted by Crippen LogP contribution is -2.10. The quantitative estimate of drug-likeness (QED) is 0.483. The summed E-state index contributed by atoms with van der Waals surface area (Å²) in [5.41, 5.74) is 0. The van der Waals surface area contributed by atoms with Crippen molar-refractivity contribution in [3.05, 3.63) is 0 Å². The van der Waals surface area contributed by atoms with Gasteiger partial charge < -0.3 is 20.4 Å². The molecule has 0 saturated carbocycles. The van der Waals surface area contributed by atoms with Gasteiger partial charge in [0.05, 0.1) is 12.7 Å². The van der Waals surface area contributed by atoms with Gasteiger partial charge >= 0.3 is 0 Å². The molecule has 0 heterocycles. The van der Waals surface area contributed by atoms with E-state index in [0.29, 0.717) is 12.8 Å². The maximum atomic E-state index is 8.61. The third-order valence-corrected chi connectivity index (χ3v) is 1.65. The Balaban J connectivity index is 0. The summed E-state index contributed by atoms with van der Waals surface area (Å²) >= 11 is 0. The molecule has 0 aliphatic carbocycles. The van der Waals surface area contributed by atoms with Crippen LogP contribution in [0.3, 0.4) is 0 Å². The minimum atomic E-state index is -1.10. The van der Waals surface area contributed by atoms with Gasteiger partial charge in [-0.1, -0.05) is 26.7 Å². The number of aliphatic hydroxyl groups excluding tert-OH is 3. The van der Waals surface area contributed by atoms with E-state index < -0.39 is 12.4 Å². The summed E-state index contributed by atoms with van der Waals surface area (Å²) < 4.78 is 0. The molecule has 0 amide bonds. The predicted octanol–water partition coefficient (Wildman–Crippen LogP) is 0.627. The van der Waals surface area contributed by atoms with Crippen molar-refractivity contribution < 1.29 is 20.4 Å². The van der Waals surface area contributed by atoms with Crippen LogP contribution in [0, 0.1) is 0 Å². The first-order valence-electron chi connectivity index (χ1n) is 5.23. The molecule has 88 valence electrons. The standard InChI is InChI=1S/2C5H12O2/c1-2-3-5(7)4-6;1-2-3-4-5(6)7/h2*5-7H,2-4H2,1H3. The zero-order valence-corrected chi connectivity index (χ0v) is 9.19. The molecule has 4 N–H and O–H groups in total. The zero-order chi connectivity index (χ0) is 11.4. The van der Waals surface area contributed by atoms with E-state index >= 15 is 0 Å². The van der Waals surface area contributed by atoms with Crippen molar-refractivity contribution in [1.29, 1.82) is 0 Å².